The molecule has 0 bridgehead atoms. The molecule has 0 aliphatic heterocycles. The average Bonchev–Trinajstić information content (AvgIpc) is 1.94. The van der Waals surface area contributed by atoms with Gasteiger partial charge < -0.3 is 15.9 Å². The van der Waals surface area contributed by atoms with Gasteiger partial charge in [0.25, 0.3) is 0 Å². The van der Waals surface area contributed by atoms with Crippen LogP contribution in [0.25, 0.3) is 0 Å². The summed E-state index contributed by atoms with van der Waals surface area (Å²) in [4.78, 5) is 21.5. The molecule has 5 nitrogen and oxygen atoms in total. The zero-order valence-electron chi connectivity index (χ0n) is 7.69. The van der Waals surface area contributed by atoms with Crippen LogP contribution < -0.4 is 5.73 Å². The number of nitrogens with two attached hydrogens (primary N) is 1. The Labute approximate surface area is 80.9 Å². The second-order valence-corrected chi connectivity index (χ2v) is 4.61. The van der Waals surface area contributed by atoms with E-state index in [1.165, 1.54) is 0 Å². The predicted octanol–water partition coefficient (Wildman–Crippen LogP) is 0.0433. The molecule has 14 heavy (non-hydrogen) atoms. The monoisotopic (exact) mass is 199 g/mol. The van der Waals surface area contributed by atoms with Crippen LogP contribution in [-0.4, -0.2) is 27.7 Å². The molecule has 2 saturated carbocycles. The molecule has 0 aromatic rings. The van der Waals surface area contributed by atoms with Gasteiger partial charge >= 0.3 is 11.9 Å². The Hall–Kier alpha value is -1.10. The van der Waals surface area contributed by atoms with Gasteiger partial charge in [-0.15, -0.1) is 0 Å². The summed E-state index contributed by atoms with van der Waals surface area (Å²) < 4.78 is 0. The van der Waals surface area contributed by atoms with Gasteiger partial charge in [0.05, 0.1) is 5.92 Å². The molecule has 1 spiro atoms. The molecular weight excluding hydrogens is 186 g/mol. The molecule has 0 unspecified atom stereocenters. The minimum absolute atomic E-state index is 0.307. The van der Waals surface area contributed by atoms with Gasteiger partial charge in [-0.2, -0.15) is 0 Å². The van der Waals surface area contributed by atoms with E-state index in [4.69, 9.17) is 15.9 Å². The quantitative estimate of drug-likeness (QED) is 0.583. The molecule has 0 aromatic heterocycles. The van der Waals surface area contributed by atoms with Crippen LogP contribution in [0.3, 0.4) is 0 Å². The van der Waals surface area contributed by atoms with Crippen LogP contribution in [-0.2, 0) is 9.59 Å². The molecule has 0 radical (unpaired) electrons. The highest BCUT2D eigenvalue weighted by Crippen LogP contribution is 2.62. The number of carbonyl (C=O) groups is 2. The zero-order valence-corrected chi connectivity index (χ0v) is 7.69. The standard InChI is InChI=1S/C9H13NO4/c10-9(7(13)14)3-8(4-9)2-1-5(8)6(11)12/h5H,1-4,10H2,(H,11,12)(H,13,14)/t5-,8?,9?/m1/s1. The van der Waals surface area contributed by atoms with Gasteiger partial charge in [-0.25, -0.2) is 0 Å². The van der Waals surface area contributed by atoms with E-state index in [2.05, 4.69) is 0 Å². The minimum Gasteiger partial charge on any atom is -0.481 e. The lowest BCUT2D eigenvalue weighted by atomic mass is 9.44. The number of hydrogen-bond donors (Lipinski definition) is 3. The average molecular weight is 199 g/mol. The Morgan fingerprint density at radius 2 is 1.86 bits per heavy atom. The fraction of sp³-hybridized carbons (Fsp3) is 0.778. The van der Waals surface area contributed by atoms with E-state index in [-0.39, 0.29) is 11.3 Å². The van der Waals surface area contributed by atoms with Crippen LogP contribution in [0.5, 0.6) is 0 Å². The van der Waals surface area contributed by atoms with Crippen LogP contribution in [0, 0.1) is 11.3 Å². The fourth-order valence-electron chi connectivity index (χ4n) is 2.86. The van der Waals surface area contributed by atoms with Gasteiger partial charge in [-0.3, -0.25) is 9.59 Å². The van der Waals surface area contributed by atoms with E-state index >= 15 is 0 Å². The van der Waals surface area contributed by atoms with E-state index in [9.17, 15) is 9.59 Å². The van der Waals surface area contributed by atoms with E-state index in [0.29, 0.717) is 19.3 Å². The van der Waals surface area contributed by atoms with Gasteiger partial charge in [-0.1, -0.05) is 0 Å². The molecule has 1 atom stereocenters. The third-order valence-electron chi connectivity index (χ3n) is 3.73. The molecule has 2 fully saturated rings. The number of carboxylic acids is 2. The summed E-state index contributed by atoms with van der Waals surface area (Å²) in [6.45, 7) is 0. The minimum atomic E-state index is -1.17. The SMILES string of the molecule is NC1(C(=O)O)CC2(CC[C@@H]2C(=O)O)C1. The molecule has 0 amide bonds. The third-order valence-corrected chi connectivity index (χ3v) is 3.73. The van der Waals surface area contributed by atoms with E-state index in [1.807, 2.05) is 0 Å². The molecule has 78 valence electrons. The van der Waals surface area contributed by atoms with Crippen LogP contribution in [0.1, 0.15) is 25.7 Å². The number of carboxylic acid groups (broad SMARTS) is 2. The van der Waals surface area contributed by atoms with Crippen molar-refractivity contribution in [1.29, 1.82) is 0 Å². The molecule has 2 aliphatic rings. The first kappa shape index (κ1) is 9.45. The zero-order chi connectivity index (χ0) is 10.6. The molecule has 0 saturated heterocycles. The maximum Gasteiger partial charge on any atom is 0.323 e. The van der Waals surface area contributed by atoms with Crippen molar-refractivity contribution in [1.82, 2.24) is 0 Å². The maximum absolute atomic E-state index is 10.8. The van der Waals surface area contributed by atoms with Gasteiger partial charge in [0.1, 0.15) is 5.54 Å². The van der Waals surface area contributed by atoms with Crippen molar-refractivity contribution in [2.45, 2.75) is 31.2 Å². The summed E-state index contributed by atoms with van der Waals surface area (Å²) in [5.41, 5.74) is 4.12. The van der Waals surface area contributed by atoms with Gasteiger partial charge in [0.15, 0.2) is 0 Å². The predicted molar refractivity (Wildman–Crippen MR) is 46.6 cm³/mol. The molecule has 2 aliphatic carbocycles. The van der Waals surface area contributed by atoms with Crippen molar-refractivity contribution in [2.24, 2.45) is 17.1 Å². The normalized spacial score (nSPS) is 45.4. The van der Waals surface area contributed by atoms with E-state index in [0.717, 1.165) is 6.42 Å². The second-order valence-electron chi connectivity index (χ2n) is 4.61. The van der Waals surface area contributed by atoms with Crippen molar-refractivity contribution < 1.29 is 19.8 Å². The smallest absolute Gasteiger partial charge is 0.323 e. The number of hydrogen-bond acceptors (Lipinski definition) is 3. The highest BCUT2D eigenvalue weighted by molar-refractivity contribution is 5.82. The number of rotatable bonds is 2. The highest BCUT2D eigenvalue weighted by atomic mass is 16.4. The van der Waals surface area contributed by atoms with Gasteiger partial charge in [0, 0.05) is 0 Å². The molecule has 0 aromatic carbocycles. The Kier molecular flexibility index (Phi) is 1.67. The Morgan fingerprint density at radius 3 is 2.14 bits per heavy atom. The first-order valence-corrected chi connectivity index (χ1v) is 4.65. The summed E-state index contributed by atoms with van der Waals surface area (Å²) in [5, 5.41) is 17.7. The van der Waals surface area contributed by atoms with Crippen LogP contribution >= 0.6 is 0 Å². The molecule has 5 heteroatoms. The topological polar surface area (TPSA) is 101 Å². The lowest BCUT2D eigenvalue weighted by Gasteiger charge is -2.60. The van der Waals surface area contributed by atoms with Crippen molar-refractivity contribution >= 4 is 11.9 Å². The lowest BCUT2D eigenvalue weighted by molar-refractivity contribution is -0.181. The third kappa shape index (κ3) is 0.987. The molecular formula is C9H13NO4. The summed E-state index contributed by atoms with van der Waals surface area (Å²) >= 11 is 0. The van der Waals surface area contributed by atoms with Gasteiger partial charge in [-0.05, 0) is 31.1 Å². The van der Waals surface area contributed by atoms with Crippen molar-refractivity contribution in [3.63, 3.8) is 0 Å². The first-order chi connectivity index (χ1) is 6.40. The van der Waals surface area contributed by atoms with Crippen LogP contribution in [0.2, 0.25) is 0 Å². The van der Waals surface area contributed by atoms with Crippen molar-refractivity contribution in [3.8, 4) is 0 Å². The molecule has 2 rings (SSSR count). The Balaban J connectivity index is 2.06. The van der Waals surface area contributed by atoms with Gasteiger partial charge in [0.2, 0.25) is 0 Å². The summed E-state index contributed by atoms with van der Waals surface area (Å²) in [6.07, 6.45) is 2.08. The van der Waals surface area contributed by atoms with Crippen LogP contribution in [0.15, 0.2) is 0 Å². The summed E-state index contributed by atoms with van der Waals surface area (Å²) in [7, 11) is 0. The van der Waals surface area contributed by atoms with Crippen molar-refractivity contribution in [2.75, 3.05) is 0 Å². The summed E-state index contributed by atoms with van der Waals surface area (Å²) in [6, 6.07) is 0. The Bertz CT molecular complexity index is 306. The van der Waals surface area contributed by atoms with E-state index in [1.54, 1.807) is 0 Å². The molecule has 4 N–H and O–H groups in total. The fourth-order valence-corrected chi connectivity index (χ4v) is 2.86. The first-order valence-electron chi connectivity index (χ1n) is 4.65. The molecule has 0 heterocycles. The lowest BCUT2D eigenvalue weighted by Crippen LogP contribution is -2.68. The largest absolute Gasteiger partial charge is 0.481 e. The Morgan fingerprint density at radius 1 is 1.29 bits per heavy atom. The maximum atomic E-state index is 10.8. The highest BCUT2D eigenvalue weighted by Gasteiger charge is 2.65. The van der Waals surface area contributed by atoms with Crippen LogP contribution in [0.4, 0.5) is 0 Å². The second kappa shape index (κ2) is 2.48. The number of aliphatic carboxylic acids is 2. The van der Waals surface area contributed by atoms with E-state index < -0.39 is 17.5 Å². The van der Waals surface area contributed by atoms with Crippen molar-refractivity contribution in [3.05, 3.63) is 0 Å². The summed E-state index contributed by atoms with van der Waals surface area (Å²) in [5.74, 6) is -2.21.